The second-order valence-corrected chi connectivity index (χ2v) is 7.20. The Morgan fingerprint density at radius 3 is 2.76 bits per heavy atom. The van der Waals surface area contributed by atoms with Crippen molar-refractivity contribution < 1.29 is 14.1 Å². The van der Waals surface area contributed by atoms with Crippen LogP contribution >= 0.6 is 27.5 Å². The summed E-state index contributed by atoms with van der Waals surface area (Å²) in [6.07, 6.45) is 1.29. The Morgan fingerprint density at radius 1 is 1.24 bits per heavy atom. The number of hydrogen-bond acceptors (Lipinski definition) is 5. The van der Waals surface area contributed by atoms with Crippen LogP contribution in [0.2, 0.25) is 5.02 Å². The first-order valence-corrected chi connectivity index (χ1v) is 9.41. The molecule has 0 bridgehead atoms. The molecule has 2 amide bonds. The summed E-state index contributed by atoms with van der Waals surface area (Å²) < 4.78 is 6.50. The third kappa shape index (κ3) is 5.21. The zero-order valence-corrected chi connectivity index (χ0v) is 17.3. The molecule has 2 N–H and O–H groups in total. The quantitative estimate of drug-likeness (QED) is 0.277. The molecule has 0 atom stereocenters. The van der Waals surface area contributed by atoms with Gasteiger partial charge in [0.2, 0.25) is 0 Å². The van der Waals surface area contributed by atoms with Gasteiger partial charge in [0.15, 0.2) is 0 Å². The van der Waals surface area contributed by atoms with Crippen molar-refractivity contribution in [3.05, 3.63) is 79.5 Å². The smallest absolute Gasteiger partial charge is 0.339 e. The maximum Gasteiger partial charge on any atom is 0.339 e. The van der Waals surface area contributed by atoms with Gasteiger partial charge >= 0.3 is 6.03 Å². The first-order chi connectivity index (χ1) is 13.8. The SMILES string of the molecule is Cc1cc(NC(=O)N/N=C/c2ccc(-c3ccc(Cl)cc3[N+](=O)[O-])o2)ccc1Br. The fraction of sp³-hybridized carbons (Fsp3) is 0.0526. The van der Waals surface area contributed by atoms with Crippen molar-refractivity contribution in [3.63, 3.8) is 0 Å². The predicted octanol–water partition coefficient (Wildman–Crippen LogP) is 5.73. The van der Waals surface area contributed by atoms with Crippen LogP contribution < -0.4 is 10.7 Å². The number of hydrazone groups is 1. The first-order valence-electron chi connectivity index (χ1n) is 8.24. The fourth-order valence-corrected chi connectivity index (χ4v) is 2.88. The van der Waals surface area contributed by atoms with Gasteiger partial charge in [0, 0.05) is 21.2 Å². The molecular formula is C19H14BrClN4O4. The summed E-state index contributed by atoms with van der Waals surface area (Å²) in [7, 11) is 0. The van der Waals surface area contributed by atoms with Gasteiger partial charge in [-0.25, -0.2) is 10.2 Å². The van der Waals surface area contributed by atoms with Gasteiger partial charge in [0.1, 0.15) is 11.5 Å². The lowest BCUT2D eigenvalue weighted by atomic mass is 10.1. The molecule has 0 saturated carbocycles. The average molecular weight is 478 g/mol. The van der Waals surface area contributed by atoms with Gasteiger partial charge in [0.05, 0.1) is 16.7 Å². The van der Waals surface area contributed by atoms with E-state index in [-0.39, 0.29) is 22.0 Å². The number of urea groups is 1. The number of nitrogens with one attached hydrogen (secondary N) is 2. The van der Waals surface area contributed by atoms with Crippen molar-refractivity contribution in [2.75, 3.05) is 5.32 Å². The summed E-state index contributed by atoms with van der Waals surface area (Å²) >= 11 is 9.21. The lowest BCUT2D eigenvalue weighted by molar-refractivity contribution is -0.384. The number of benzene rings is 2. The van der Waals surface area contributed by atoms with E-state index in [1.807, 2.05) is 19.1 Å². The van der Waals surface area contributed by atoms with E-state index < -0.39 is 11.0 Å². The highest BCUT2D eigenvalue weighted by molar-refractivity contribution is 9.10. The standard InChI is InChI=1S/C19H14BrClN4O4/c1-11-8-13(3-6-16(11)20)23-19(26)24-22-10-14-4-7-18(29-14)15-5-2-12(21)9-17(15)25(27)28/h2-10H,1H3,(H2,23,24,26)/b22-10+. The lowest BCUT2D eigenvalue weighted by Crippen LogP contribution is -2.24. The largest absolute Gasteiger partial charge is 0.455 e. The Morgan fingerprint density at radius 2 is 2.03 bits per heavy atom. The number of nitrogens with zero attached hydrogens (tertiary/aromatic N) is 2. The number of anilines is 1. The maximum atomic E-state index is 11.9. The van der Waals surface area contributed by atoms with Gasteiger partial charge < -0.3 is 9.73 Å². The Kier molecular flexibility index (Phi) is 6.30. The number of carbonyl (C=O) groups is 1. The molecule has 3 rings (SSSR count). The van der Waals surface area contributed by atoms with Crippen LogP contribution in [0.5, 0.6) is 0 Å². The van der Waals surface area contributed by atoms with Gasteiger partial charge in [-0.05, 0) is 55.0 Å². The molecule has 0 aliphatic carbocycles. The number of rotatable bonds is 5. The Balaban J connectivity index is 1.66. The van der Waals surface area contributed by atoms with Crippen molar-refractivity contribution in [2.45, 2.75) is 6.92 Å². The first kappa shape index (κ1) is 20.6. The number of hydrogen-bond donors (Lipinski definition) is 2. The second-order valence-electron chi connectivity index (χ2n) is 5.91. The molecule has 1 heterocycles. The van der Waals surface area contributed by atoms with Crippen LogP contribution in [0.25, 0.3) is 11.3 Å². The number of carbonyl (C=O) groups excluding carboxylic acids is 1. The summed E-state index contributed by atoms with van der Waals surface area (Å²) in [5.41, 5.74) is 4.04. The second kappa shape index (κ2) is 8.89. The molecule has 0 unspecified atom stereocenters. The Labute approximate surface area is 178 Å². The highest BCUT2D eigenvalue weighted by Gasteiger charge is 2.18. The van der Waals surface area contributed by atoms with Crippen LogP contribution in [-0.2, 0) is 0 Å². The summed E-state index contributed by atoms with van der Waals surface area (Å²) in [5, 5.41) is 17.9. The molecule has 2 aromatic carbocycles. The number of nitro benzene ring substituents is 1. The fourth-order valence-electron chi connectivity index (χ4n) is 2.47. The molecule has 8 nitrogen and oxygen atoms in total. The van der Waals surface area contributed by atoms with E-state index >= 15 is 0 Å². The minimum absolute atomic E-state index is 0.169. The van der Waals surface area contributed by atoms with Crippen molar-refractivity contribution in [3.8, 4) is 11.3 Å². The number of halogens is 2. The highest BCUT2D eigenvalue weighted by atomic mass is 79.9. The minimum Gasteiger partial charge on any atom is -0.455 e. The van der Waals surface area contributed by atoms with Crippen LogP contribution in [0, 0.1) is 17.0 Å². The molecule has 148 valence electrons. The van der Waals surface area contributed by atoms with Crippen LogP contribution in [-0.4, -0.2) is 17.2 Å². The monoisotopic (exact) mass is 476 g/mol. The Bertz CT molecular complexity index is 1110. The molecule has 0 fully saturated rings. The van der Waals surface area contributed by atoms with Crippen molar-refractivity contribution in [1.82, 2.24) is 5.43 Å². The van der Waals surface area contributed by atoms with E-state index in [1.165, 1.54) is 24.4 Å². The average Bonchev–Trinajstić information content (AvgIpc) is 3.13. The van der Waals surface area contributed by atoms with Crippen molar-refractivity contribution >= 4 is 51.2 Å². The van der Waals surface area contributed by atoms with Gasteiger partial charge in [-0.2, -0.15) is 5.10 Å². The molecular weight excluding hydrogens is 464 g/mol. The van der Waals surface area contributed by atoms with Gasteiger partial charge in [-0.15, -0.1) is 0 Å². The molecule has 0 aliphatic rings. The van der Waals surface area contributed by atoms with Crippen molar-refractivity contribution in [1.29, 1.82) is 0 Å². The molecule has 10 heteroatoms. The number of furan rings is 1. The van der Waals surface area contributed by atoms with Crippen LogP contribution in [0.3, 0.4) is 0 Å². The predicted molar refractivity (Wildman–Crippen MR) is 114 cm³/mol. The third-order valence-corrected chi connectivity index (χ3v) is 4.95. The maximum absolute atomic E-state index is 11.9. The molecule has 0 radical (unpaired) electrons. The summed E-state index contributed by atoms with van der Waals surface area (Å²) in [6.45, 7) is 1.91. The Hall–Kier alpha value is -3.17. The molecule has 1 aromatic heterocycles. The van der Waals surface area contributed by atoms with E-state index in [0.717, 1.165) is 10.0 Å². The van der Waals surface area contributed by atoms with Crippen LogP contribution in [0.1, 0.15) is 11.3 Å². The van der Waals surface area contributed by atoms with E-state index in [9.17, 15) is 14.9 Å². The van der Waals surface area contributed by atoms with Crippen molar-refractivity contribution in [2.24, 2.45) is 5.10 Å². The normalized spacial score (nSPS) is 10.9. The van der Waals surface area contributed by atoms with E-state index in [2.05, 4.69) is 31.8 Å². The number of nitro groups is 1. The van der Waals surface area contributed by atoms with E-state index in [1.54, 1.807) is 18.2 Å². The lowest BCUT2D eigenvalue weighted by Gasteiger charge is -2.06. The highest BCUT2D eigenvalue weighted by Crippen LogP contribution is 2.33. The zero-order valence-electron chi connectivity index (χ0n) is 15.0. The number of aryl methyl sites for hydroxylation is 1. The molecule has 29 heavy (non-hydrogen) atoms. The molecule has 0 saturated heterocycles. The van der Waals surface area contributed by atoms with Gasteiger partial charge in [-0.3, -0.25) is 10.1 Å². The molecule has 0 spiro atoms. The topological polar surface area (TPSA) is 110 Å². The van der Waals surface area contributed by atoms with Gasteiger partial charge in [-0.1, -0.05) is 27.5 Å². The number of amides is 2. The third-order valence-electron chi connectivity index (χ3n) is 3.82. The minimum atomic E-state index is -0.534. The van der Waals surface area contributed by atoms with E-state index in [0.29, 0.717) is 11.4 Å². The summed E-state index contributed by atoms with van der Waals surface area (Å²) in [5.74, 6) is 0.591. The summed E-state index contributed by atoms with van der Waals surface area (Å²) in [6, 6.07) is 12.3. The molecule has 0 aliphatic heterocycles. The van der Waals surface area contributed by atoms with Crippen LogP contribution in [0.15, 0.2) is 62.5 Å². The zero-order chi connectivity index (χ0) is 21.0. The van der Waals surface area contributed by atoms with Crippen LogP contribution in [0.4, 0.5) is 16.2 Å². The van der Waals surface area contributed by atoms with E-state index in [4.69, 9.17) is 16.0 Å². The van der Waals surface area contributed by atoms with Gasteiger partial charge in [0.25, 0.3) is 5.69 Å². The summed E-state index contributed by atoms with van der Waals surface area (Å²) in [4.78, 5) is 22.6. The molecule has 3 aromatic rings.